The van der Waals surface area contributed by atoms with Crippen LogP contribution >= 0.6 is 12.2 Å². The third kappa shape index (κ3) is 4.04. The van der Waals surface area contributed by atoms with Crippen molar-refractivity contribution in [1.82, 2.24) is 20.6 Å². The average molecular weight is 369 g/mol. The second kappa shape index (κ2) is 7.75. The van der Waals surface area contributed by atoms with Crippen molar-refractivity contribution >= 4 is 28.9 Å². The number of halogens is 1. The molecule has 0 aliphatic heterocycles. The lowest BCUT2D eigenvalue weighted by molar-refractivity contribution is 0.0944. The lowest BCUT2D eigenvalue weighted by Crippen LogP contribution is -2.43. The molecule has 3 N–H and O–H groups in total. The Hall–Kier alpha value is -3.26. The van der Waals surface area contributed by atoms with Gasteiger partial charge < -0.3 is 5.32 Å². The third-order valence-electron chi connectivity index (χ3n) is 3.62. The van der Waals surface area contributed by atoms with E-state index in [0.717, 1.165) is 11.4 Å². The van der Waals surface area contributed by atoms with Crippen LogP contribution in [0.2, 0.25) is 0 Å². The molecule has 0 aliphatic carbocycles. The van der Waals surface area contributed by atoms with Crippen molar-refractivity contribution in [2.45, 2.75) is 6.92 Å². The van der Waals surface area contributed by atoms with E-state index in [1.54, 1.807) is 53.3 Å². The molecule has 1 heterocycles. The molecule has 0 atom stereocenters. The molecule has 0 aliphatic rings. The number of benzene rings is 2. The van der Waals surface area contributed by atoms with Gasteiger partial charge in [-0.25, -0.2) is 9.07 Å². The van der Waals surface area contributed by atoms with Crippen molar-refractivity contribution in [2.75, 3.05) is 5.32 Å². The number of rotatable bonds is 3. The molecule has 0 spiro atoms. The molecule has 6 nitrogen and oxygen atoms in total. The van der Waals surface area contributed by atoms with Crippen LogP contribution in [0.3, 0.4) is 0 Å². The maximum Gasteiger partial charge on any atom is 0.269 e. The second-order valence-electron chi connectivity index (χ2n) is 5.44. The zero-order chi connectivity index (χ0) is 18.5. The maximum absolute atomic E-state index is 13.6. The van der Waals surface area contributed by atoms with Gasteiger partial charge in [0.05, 0.1) is 11.4 Å². The third-order valence-corrected chi connectivity index (χ3v) is 3.82. The predicted octanol–water partition coefficient (Wildman–Crippen LogP) is 2.95. The van der Waals surface area contributed by atoms with E-state index in [1.165, 1.54) is 6.07 Å². The lowest BCUT2D eigenvalue weighted by Gasteiger charge is -2.12. The maximum atomic E-state index is 13.6. The highest BCUT2D eigenvalue weighted by Crippen LogP contribution is 2.12. The van der Waals surface area contributed by atoms with Crippen LogP contribution in [0.4, 0.5) is 10.1 Å². The van der Waals surface area contributed by atoms with Gasteiger partial charge in [0.25, 0.3) is 5.91 Å². The number of aryl methyl sites for hydroxylation is 1. The standard InChI is InChI=1S/C18H16FN5OS/c1-12-10-11-20-24(12)14-8-6-13(7-9-14)17(25)22-23-18(26)21-16-5-3-2-4-15(16)19/h2-11H,1H3,(H,22,25)(H2,21,23,26). The summed E-state index contributed by atoms with van der Waals surface area (Å²) in [4.78, 5) is 12.2. The average Bonchev–Trinajstić information content (AvgIpc) is 3.08. The number of anilines is 1. The van der Waals surface area contributed by atoms with Crippen LogP contribution < -0.4 is 16.2 Å². The first-order valence-electron chi connectivity index (χ1n) is 7.77. The van der Waals surface area contributed by atoms with E-state index in [4.69, 9.17) is 12.2 Å². The van der Waals surface area contributed by atoms with Gasteiger partial charge in [0.1, 0.15) is 5.82 Å². The molecular formula is C18H16FN5OS. The molecule has 8 heteroatoms. The summed E-state index contributed by atoms with van der Waals surface area (Å²) in [5.41, 5.74) is 7.52. The Labute approximate surface area is 155 Å². The summed E-state index contributed by atoms with van der Waals surface area (Å²) in [7, 11) is 0. The first kappa shape index (κ1) is 17.6. The number of aromatic nitrogens is 2. The number of amides is 1. The Morgan fingerprint density at radius 2 is 1.81 bits per heavy atom. The van der Waals surface area contributed by atoms with Gasteiger partial charge in [-0.1, -0.05) is 12.1 Å². The Kier molecular flexibility index (Phi) is 5.23. The SMILES string of the molecule is Cc1ccnn1-c1ccc(C(=O)NNC(=S)Nc2ccccc2F)cc1. The van der Waals surface area contributed by atoms with E-state index < -0.39 is 5.82 Å². The van der Waals surface area contributed by atoms with Gasteiger partial charge >= 0.3 is 0 Å². The molecule has 3 aromatic rings. The molecule has 0 bridgehead atoms. The highest BCUT2D eigenvalue weighted by atomic mass is 32.1. The smallest absolute Gasteiger partial charge is 0.269 e. The monoisotopic (exact) mass is 369 g/mol. The lowest BCUT2D eigenvalue weighted by atomic mass is 10.2. The van der Waals surface area contributed by atoms with E-state index >= 15 is 0 Å². The predicted molar refractivity (Wildman–Crippen MR) is 102 cm³/mol. The fourth-order valence-electron chi connectivity index (χ4n) is 2.30. The molecule has 132 valence electrons. The van der Waals surface area contributed by atoms with Crippen molar-refractivity contribution in [3.63, 3.8) is 0 Å². The molecule has 1 aromatic heterocycles. The number of nitrogens with one attached hydrogen (secondary N) is 3. The number of carbonyl (C=O) groups excluding carboxylic acids is 1. The summed E-state index contributed by atoms with van der Waals surface area (Å²) < 4.78 is 15.3. The summed E-state index contributed by atoms with van der Waals surface area (Å²) in [6.45, 7) is 1.95. The van der Waals surface area contributed by atoms with Crippen molar-refractivity contribution in [2.24, 2.45) is 0 Å². The number of para-hydroxylation sites is 1. The van der Waals surface area contributed by atoms with Gasteiger partial charge in [-0.2, -0.15) is 5.10 Å². The number of carbonyl (C=O) groups is 1. The Bertz CT molecular complexity index is 939. The summed E-state index contributed by atoms with van der Waals surface area (Å²) in [6, 6.07) is 15.0. The van der Waals surface area contributed by atoms with Crippen LogP contribution in [0.25, 0.3) is 5.69 Å². The van der Waals surface area contributed by atoms with Crippen LogP contribution in [0.15, 0.2) is 60.8 Å². The Morgan fingerprint density at radius 1 is 1.08 bits per heavy atom. The second-order valence-corrected chi connectivity index (χ2v) is 5.85. The first-order valence-corrected chi connectivity index (χ1v) is 8.18. The van der Waals surface area contributed by atoms with Gasteiger partial charge in [0, 0.05) is 17.5 Å². The zero-order valence-electron chi connectivity index (χ0n) is 13.9. The molecule has 3 rings (SSSR count). The van der Waals surface area contributed by atoms with Crippen molar-refractivity contribution in [1.29, 1.82) is 0 Å². The van der Waals surface area contributed by atoms with E-state index in [0.29, 0.717) is 5.56 Å². The molecule has 2 aromatic carbocycles. The number of hydrogen-bond acceptors (Lipinski definition) is 3. The normalized spacial score (nSPS) is 10.2. The van der Waals surface area contributed by atoms with Crippen LogP contribution in [0.1, 0.15) is 16.1 Å². The van der Waals surface area contributed by atoms with E-state index in [2.05, 4.69) is 21.3 Å². The van der Waals surface area contributed by atoms with Gasteiger partial charge in [0.2, 0.25) is 0 Å². The molecule has 0 saturated heterocycles. The minimum atomic E-state index is -0.438. The molecule has 0 radical (unpaired) electrons. The van der Waals surface area contributed by atoms with Crippen molar-refractivity contribution in [3.05, 3.63) is 77.9 Å². The van der Waals surface area contributed by atoms with Crippen LogP contribution in [-0.4, -0.2) is 20.8 Å². The molecule has 0 unspecified atom stereocenters. The first-order chi connectivity index (χ1) is 12.5. The topological polar surface area (TPSA) is 71.0 Å². The van der Waals surface area contributed by atoms with Crippen molar-refractivity contribution < 1.29 is 9.18 Å². The quantitative estimate of drug-likeness (QED) is 0.489. The van der Waals surface area contributed by atoms with Gasteiger partial charge in [0.15, 0.2) is 5.11 Å². The van der Waals surface area contributed by atoms with E-state index in [-0.39, 0.29) is 16.7 Å². The Balaban J connectivity index is 1.57. The van der Waals surface area contributed by atoms with Crippen LogP contribution in [0.5, 0.6) is 0 Å². The summed E-state index contributed by atoms with van der Waals surface area (Å²) in [5.74, 6) is -0.807. The number of thiocarbonyl (C=S) groups is 1. The number of hydrazine groups is 1. The minimum absolute atomic E-state index is 0.0761. The van der Waals surface area contributed by atoms with E-state index in [1.807, 2.05) is 13.0 Å². The summed E-state index contributed by atoms with van der Waals surface area (Å²) >= 11 is 5.04. The molecule has 0 saturated carbocycles. The highest BCUT2D eigenvalue weighted by molar-refractivity contribution is 7.80. The fourth-order valence-corrected chi connectivity index (χ4v) is 2.46. The van der Waals surface area contributed by atoms with Crippen LogP contribution in [-0.2, 0) is 0 Å². The van der Waals surface area contributed by atoms with Gasteiger partial charge in [-0.15, -0.1) is 0 Å². The summed E-state index contributed by atoms with van der Waals surface area (Å²) in [6.07, 6.45) is 1.71. The fraction of sp³-hybridized carbons (Fsp3) is 0.0556. The minimum Gasteiger partial charge on any atom is -0.329 e. The molecule has 26 heavy (non-hydrogen) atoms. The summed E-state index contributed by atoms with van der Waals surface area (Å²) in [5, 5.41) is 6.96. The largest absolute Gasteiger partial charge is 0.329 e. The molecule has 1 amide bonds. The van der Waals surface area contributed by atoms with Crippen molar-refractivity contribution in [3.8, 4) is 5.69 Å². The van der Waals surface area contributed by atoms with E-state index in [9.17, 15) is 9.18 Å². The highest BCUT2D eigenvalue weighted by Gasteiger charge is 2.08. The van der Waals surface area contributed by atoms with Crippen LogP contribution in [0, 0.1) is 12.7 Å². The number of hydrogen-bond donors (Lipinski definition) is 3. The molecular weight excluding hydrogens is 353 g/mol. The zero-order valence-corrected chi connectivity index (χ0v) is 14.7. The number of nitrogens with zero attached hydrogens (tertiary/aromatic N) is 2. The van der Waals surface area contributed by atoms with Gasteiger partial charge in [-0.3, -0.25) is 15.6 Å². The molecule has 0 fully saturated rings. The Morgan fingerprint density at radius 3 is 2.46 bits per heavy atom. The van der Waals surface area contributed by atoms with Gasteiger partial charge in [-0.05, 0) is 61.6 Å².